The van der Waals surface area contributed by atoms with Crippen LogP contribution in [0.25, 0.3) is 11.3 Å². The molecule has 15 heavy (non-hydrogen) atoms. The highest BCUT2D eigenvalue weighted by Gasteiger charge is 2.12. The second-order valence-electron chi connectivity index (χ2n) is 3.10. The van der Waals surface area contributed by atoms with E-state index < -0.39 is 5.97 Å². The number of aryl methyl sites for hydroxylation is 1. The Kier molecular flexibility index (Phi) is 2.21. The van der Waals surface area contributed by atoms with Crippen molar-refractivity contribution in [3.63, 3.8) is 0 Å². The molecule has 0 atom stereocenters. The van der Waals surface area contributed by atoms with Crippen LogP contribution in [0.4, 0.5) is 0 Å². The molecule has 5 nitrogen and oxygen atoms in total. The molecule has 0 bridgehead atoms. The van der Waals surface area contributed by atoms with Gasteiger partial charge in [0.25, 0.3) is 0 Å². The molecule has 0 spiro atoms. The third-order valence-electron chi connectivity index (χ3n) is 2.04. The van der Waals surface area contributed by atoms with Crippen molar-refractivity contribution in [1.82, 2.24) is 15.0 Å². The van der Waals surface area contributed by atoms with Crippen LogP contribution in [0, 0.1) is 6.92 Å². The minimum absolute atomic E-state index is 0.0423. The number of carbonyl (C=O) groups is 1. The first kappa shape index (κ1) is 9.39. The van der Waals surface area contributed by atoms with Gasteiger partial charge in [-0.25, -0.2) is 9.78 Å². The lowest BCUT2D eigenvalue weighted by molar-refractivity contribution is 0.0684. The summed E-state index contributed by atoms with van der Waals surface area (Å²) in [5.41, 5.74) is 2.24. The fourth-order valence-electron chi connectivity index (χ4n) is 1.35. The van der Waals surface area contributed by atoms with E-state index in [0.717, 1.165) is 11.3 Å². The zero-order valence-corrected chi connectivity index (χ0v) is 8.06. The number of pyridine rings is 1. The van der Waals surface area contributed by atoms with Gasteiger partial charge in [-0.3, -0.25) is 4.98 Å². The Morgan fingerprint density at radius 1 is 1.40 bits per heavy atom. The van der Waals surface area contributed by atoms with Gasteiger partial charge in [0, 0.05) is 23.7 Å². The number of aromatic nitrogens is 3. The lowest BCUT2D eigenvalue weighted by Crippen LogP contribution is -1.98. The average molecular weight is 203 g/mol. The van der Waals surface area contributed by atoms with Crippen LogP contribution in [0.1, 0.15) is 16.3 Å². The summed E-state index contributed by atoms with van der Waals surface area (Å²) in [5.74, 6) is -1.10. The summed E-state index contributed by atoms with van der Waals surface area (Å²) in [6, 6.07) is 3.57. The summed E-state index contributed by atoms with van der Waals surface area (Å²) >= 11 is 0. The zero-order chi connectivity index (χ0) is 10.8. The first-order valence-corrected chi connectivity index (χ1v) is 4.39. The van der Waals surface area contributed by atoms with Crippen LogP contribution in [0.2, 0.25) is 0 Å². The normalized spacial score (nSPS) is 10.2. The van der Waals surface area contributed by atoms with E-state index in [2.05, 4.69) is 15.0 Å². The monoisotopic (exact) mass is 203 g/mol. The van der Waals surface area contributed by atoms with Gasteiger partial charge in [0.15, 0.2) is 0 Å². The quantitative estimate of drug-likeness (QED) is 0.774. The van der Waals surface area contributed by atoms with Gasteiger partial charge < -0.3 is 10.1 Å². The van der Waals surface area contributed by atoms with Gasteiger partial charge >= 0.3 is 5.97 Å². The van der Waals surface area contributed by atoms with Gasteiger partial charge in [0.1, 0.15) is 0 Å². The molecule has 2 rings (SSSR count). The van der Waals surface area contributed by atoms with Crippen LogP contribution < -0.4 is 0 Å². The Morgan fingerprint density at radius 3 is 2.60 bits per heavy atom. The number of carboxylic acid groups (broad SMARTS) is 1. The first-order valence-electron chi connectivity index (χ1n) is 4.39. The third-order valence-corrected chi connectivity index (χ3v) is 2.04. The van der Waals surface area contributed by atoms with Crippen molar-refractivity contribution in [3.05, 3.63) is 36.0 Å². The highest BCUT2D eigenvalue weighted by atomic mass is 16.4. The van der Waals surface area contributed by atoms with Crippen molar-refractivity contribution < 1.29 is 9.90 Å². The number of aromatic carboxylic acids is 1. The van der Waals surface area contributed by atoms with Crippen molar-refractivity contribution in [1.29, 1.82) is 0 Å². The summed E-state index contributed by atoms with van der Waals surface area (Å²) in [6.07, 6.45) is 3.29. The molecule has 0 saturated heterocycles. The van der Waals surface area contributed by atoms with Gasteiger partial charge in [0.05, 0.1) is 5.69 Å². The second-order valence-corrected chi connectivity index (χ2v) is 3.10. The number of nitrogens with zero attached hydrogens (tertiary/aromatic N) is 2. The molecular weight excluding hydrogens is 194 g/mol. The Labute approximate surface area is 85.8 Å². The molecule has 0 aliphatic carbocycles. The molecule has 0 amide bonds. The van der Waals surface area contributed by atoms with E-state index >= 15 is 0 Å². The van der Waals surface area contributed by atoms with Crippen molar-refractivity contribution >= 4 is 5.97 Å². The minimum Gasteiger partial charge on any atom is -0.475 e. The summed E-state index contributed by atoms with van der Waals surface area (Å²) in [5, 5.41) is 8.76. The van der Waals surface area contributed by atoms with Crippen molar-refractivity contribution in [2.24, 2.45) is 0 Å². The van der Waals surface area contributed by atoms with Crippen LogP contribution in [-0.2, 0) is 0 Å². The van der Waals surface area contributed by atoms with Gasteiger partial charge in [-0.1, -0.05) is 0 Å². The number of nitrogens with one attached hydrogen (secondary N) is 1. The standard InChI is InChI=1S/C10H9N3O2/c1-6-8(7-2-4-11-5-3-7)13-9(12-6)10(14)15/h2-5H,1H3,(H,12,13)(H,14,15). The molecule has 5 heteroatoms. The van der Waals surface area contributed by atoms with E-state index in [9.17, 15) is 4.79 Å². The van der Waals surface area contributed by atoms with Gasteiger partial charge in [-0.05, 0) is 19.1 Å². The summed E-state index contributed by atoms with van der Waals surface area (Å²) in [6.45, 7) is 1.79. The van der Waals surface area contributed by atoms with Crippen molar-refractivity contribution in [2.45, 2.75) is 6.92 Å². The number of H-pyrrole nitrogens is 1. The third kappa shape index (κ3) is 1.71. The lowest BCUT2D eigenvalue weighted by Gasteiger charge is -1.95. The predicted octanol–water partition coefficient (Wildman–Crippen LogP) is 1.48. The van der Waals surface area contributed by atoms with Crippen LogP contribution >= 0.6 is 0 Å². The Morgan fingerprint density at radius 2 is 2.07 bits per heavy atom. The molecule has 2 heterocycles. The molecule has 2 aromatic heterocycles. The molecule has 0 unspecified atom stereocenters. The van der Waals surface area contributed by atoms with E-state index in [4.69, 9.17) is 5.11 Å². The van der Waals surface area contributed by atoms with Crippen molar-refractivity contribution in [2.75, 3.05) is 0 Å². The second kappa shape index (κ2) is 3.53. The van der Waals surface area contributed by atoms with Gasteiger partial charge in [-0.15, -0.1) is 0 Å². The van der Waals surface area contributed by atoms with E-state index in [0.29, 0.717) is 5.69 Å². The summed E-state index contributed by atoms with van der Waals surface area (Å²) in [4.78, 5) is 21.3. The fourth-order valence-corrected chi connectivity index (χ4v) is 1.35. The molecule has 0 saturated carbocycles. The maximum Gasteiger partial charge on any atom is 0.371 e. The largest absolute Gasteiger partial charge is 0.475 e. The number of carboxylic acids is 1. The molecule has 0 aromatic carbocycles. The summed E-state index contributed by atoms with van der Waals surface area (Å²) < 4.78 is 0. The number of rotatable bonds is 2. The lowest BCUT2D eigenvalue weighted by atomic mass is 10.2. The highest BCUT2D eigenvalue weighted by molar-refractivity contribution is 5.84. The maximum atomic E-state index is 10.7. The first-order chi connectivity index (χ1) is 7.18. The number of imidazole rings is 1. The van der Waals surface area contributed by atoms with Crippen molar-refractivity contribution in [3.8, 4) is 11.3 Å². The fraction of sp³-hybridized carbons (Fsp3) is 0.100. The highest BCUT2D eigenvalue weighted by Crippen LogP contribution is 2.19. The molecule has 2 aromatic rings. The summed E-state index contributed by atoms with van der Waals surface area (Å²) in [7, 11) is 0. The smallest absolute Gasteiger partial charge is 0.371 e. The van der Waals surface area contributed by atoms with Crippen LogP contribution in [-0.4, -0.2) is 26.0 Å². The number of aromatic amines is 1. The zero-order valence-electron chi connectivity index (χ0n) is 8.06. The molecule has 0 fully saturated rings. The van der Waals surface area contributed by atoms with E-state index in [1.54, 1.807) is 31.5 Å². The maximum absolute atomic E-state index is 10.7. The van der Waals surface area contributed by atoms with Gasteiger partial charge in [0.2, 0.25) is 5.82 Å². The topological polar surface area (TPSA) is 78.9 Å². The molecular formula is C10H9N3O2. The Balaban J connectivity index is 2.50. The van der Waals surface area contributed by atoms with Gasteiger partial charge in [-0.2, -0.15) is 0 Å². The Bertz CT molecular complexity index is 491. The number of hydrogen-bond acceptors (Lipinski definition) is 3. The van der Waals surface area contributed by atoms with Crippen LogP contribution in [0.3, 0.4) is 0 Å². The molecule has 0 radical (unpaired) electrons. The van der Waals surface area contributed by atoms with Crippen LogP contribution in [0.5, 0.6) is 0 Å². The molecule has 0 aliphatic heterocycles. The van der Waals surface area contributed by atoms with E-state index in [-0.39, 0.29) is 5.82 Å². The van der Waals surface area contributed by atoms with Crippen LogP contribution in [0.15, 0.2) is 24.5 Å². The van der Waals surface area contributed by atoms with E-state index in [1.165, 1.54) is 0 Å². The number of hydrogen-bond donors (Lipinski definition) is 2. The average Bonchev–Trinajstić information content (AvgIpc) is 2.62. The predicted molar refractivity (Wildman–Crippen MR) is 53.5 cm³/mol. The SMILES string of the molecule is Cc1[nH]c(C(=O)O)nc1-c1ccncc1. The van der Waals surface area contributed by atoms with E-state index in [1.807, 2.05) is 0 Å². The molecule has 0 aliphatic rings. The minimum atomic E-state index is -1.06. The Hall–Kier alpha value is -2.17. The molecule has 76 valence electrons. The molecule has 2 N–H and O–H groups in total.